The highest BCUT2D eigenvalue weighted by atomic mass is 19.1. The van der Waals surface area contributed by atoms with E-state index in [0.29, 0.717) is 6.61 Å². The van der Waals surface area contributed by atoms with Gasteiger partial charge in [0.2, 0.25) is 0 Å². The Kier molecular flexibility index (Phi) is 2.54. The highest BCUT2D eigenvalue weighted by molar-refractivity contribution is 5.80. The van der Waals surface area contributed by atoms with Crippen molar-refractivity contribution in [3.8, 4) is 5.75 Å². The van der Waals surface area contributed by atoms with Crippen LogP contribution in [-0.2, 0) is 0 Å². The van der Waals surface area contributed by atoms with E-state index >= 15 is 0 Å². The van der Waals surface area contributed by atoms with Gasteiger partial charge in [0.05, 0.1) is 12.1 Å². The molecule has 0 aliphatic rings. The largest absolute Gasteiger partial charge is 0.491 e. The second-order valence-corrected chi connectivity index (χ2v) is 3.36. The van der Waals surface area contributed by atoms with Gasteiger partial charge in [-0.05, 0) is 26.0 Å². The molecular formula is C12H12FNO. The minimum absolute atomic E-state index is 0.267. The van der Waals surface area contributed by atoms with E-state index < -0.39 is 0 Å². The zero-order chi connectivity index (χ0) is 10.8. The van der Waals surface area contributed by atoms with Crippen LogP contribution in [0.4, 0.5) is 4.39 Å². The first-order valence-electron chi connectivity index (χ1n) is 4.90. The van der Waals surface area contributed by atoms with Gasteiger partial charge in [-0.25, -0.2) is 4.39 Å². The predicted octanol–water partition coefficient (Wildman–Crippen LogP) is 3.08. The lowest BCUT2D eigenvalue weighted by Crippen LogP contribution is -1.95. The van der Waals surface area contributed by atoms with E-state index in [1.807, 2.05) is 26.0 Å². The van der Waals surface area contributed by atoms with Crippen molar-refractivity contribution in [2.24, 2.45) is 0 Å². The van der Waals surface area contributed by atoms with E-state index in [1.54, 1.807) is 6.07 Å². The van der Waals surface area contributed by atoms with Crippen molar-refractivity contribution in [1.29, 1.82) is 0 Å². The molecule has 2 nitrogen and oxygen atoms in total. The zero-order valence-corrected chi connectivity index (χ0v) is 8.75. The van der Waals surface area contributed by atoms with Crippen LogP contribution in [0.5, 0.6) is 5.75 Å². The van der Waals surface area contributed by atoms with Gasteiger partial charge in [0.25, 0.3) is 0 Å². The molecule has 0 spiro atoms. The minimum atomic E-state index is -0.338. The Morgan fingerprint density at radius 1 is 1.33 bits per heavy atom. The van der Waals surface area contributed by atoms with Crippen molar-refractivity contribution in [1.82, 2.24) is 4.98 Å². The number of hydrogen-bond acceptors (Lipinski definition) is 2. The van der Waals surface area contributed by atoms with Gasteiger partial charge in [0.15, 0.2) is 11.6 Å². The number of aryl methyl sites for hydroxylation is 1. The summed E-state index contributed by atoms with van der Waals surface area (Å²) in [5.74, 6) is -0.0712. The molecule has 0 N–H and O–H groups in total. The van der Waals surface area contributed by atoms with Crippen LogP contribution < -0.4 is 4.74 Å². The summed E-state index contributed by atoms with van der Waals surface area (Å²) in [4.78, 5) is 4.31. The van der Waals surface area contributed by atoms with E-state index in [4.69, 9.17) is 4.74 Å². The van der Waals surface area contributed by atoms with Gasteiger partial charge in [-0.2, -0.15) is 0 Å². The van der Waals surface area contributed by atoms with E-state index in [-0.39, 0.29) is 11.6 Å². The van der Waals surface area contributed by atoms with Gasteiger partial charge in [0, 0.05) is 17.1 Å². The number of halogens is 1. The molecule has 15 heavy (non-hydrogen) atoms. The summed E-state index contributed by atoms with van der Waals surface area (Å²) in [5, 5.41) is 0.793. The molecule has 0 aliphatic heterocycles. The topological polar surface area (TPSA) is 22.1 Å². The van der Waals surface area contributed by atoms with Gasteiger partial charge in [-0.1, -0.05) is 6.07 Å². The molecule has 2 rings (SSSR count). The first kappa shape index (κ1) is 9.90. The molecule has 1 heterocycles. The lowest BCUT2D eigenvalue weighted by atomic mass is 10.2. The highest BCUT2D eigenvalue weighted by Gasteiger charge is 2.06. The quantitative estimate of drug-likeness (QED) is 0.751. The maximum atomic E-state index is 13.5. The lowest BCUT2D eigenvalue weighted by molar-refractivity contribution is 0.322. The van der Waals surface area contributed by atoms with Crippen LogP contribution in [0.2, 0.25) is 0 Å². The van der Waals surface area contributed by atoms with Crippen LogP contribution >= 0.6 is 0 Å². The van der Waals surface area contributed by atoms with E-state index in [0.717, 1.165) is 16.6 Å². The van der Waals surface area contributed by atoms with Gasteiger partial charge < -0.3 is 4.74 Å². The molecule has 0 aliphatic carbocycles. The first-order chi connectivity index (χ1) is 7.20. The fourth-order valence-electron chi connectivity index (χ4n) is 1.49. The number of nitrogens with zero attached hydrogens (tertiary/aromatic N) is 1. The summed E-state index contributed by atoms with van der Waals surface area (Å²) < 4.78 is 18.6. The van der Waals surface area contributed by atoms with Gasteiger partial charge in [0.1, 0.15) is 0 Å². The van der Waals surface area contributed by atoms with Gasteiger partial charge in [-0.15, -0.1) is 0 Å². The summed E-state index contributed by atoms with van der Waals surface area (Å²) >= 11 is 0. The third-order valence-corrected chi connectivity index (χ3v) is 2.18. The van der Waals surface area contributed by atoms with Crippen LogP contribution in [0.15, 0.2) is 24.3 Å². The molecule has 0 unspecified atom stereocenters. The Balaban J connectivity index is 2.61. The number of pyridine rings is 1. The SMILES string of the molecule is CCOc1cc2nc(C)ccc2cc1F. The Labute approximate surface area is 87.7 Å². The maximum absolute atomic E-state index is 13.5. The second kappa shape index (κ2) is 3.85. The monoisotopic (exact) mass is 205 g/mol. The fourth-order valence-corrected chi connectivity index (χ4v) is 1.49. The maximum Gasteiger partial charge on any atom is 0.165 e. The third-order valence-electron chi connectivity index (χ3n) is 2.18. The smallest absolute Gasteiger partial charge is 0.165 e. The average molecular weight is 205 g/mol. The average Bonchev–Trinajstić information content (AvgIpc) is 2.20. The van der Waals surface area contributed by atoms with Crippen LogP contribution in [0.3, 0.4) is 0 Å². The van der Waals surface area contributed by atoms with Crippen molar-refractivity contribution in [3.05, 3.63) is 35.8 Å². The van der Waals surface area contributed by atoms with Crippen molar-refractivity contribution in [2.45, 2.75) is 13.8 Å². The molecule has 0 saturated carbocycles. The summed E-state index contributed by atoms with van der Waals surface area (Å²) in [5.41, 5.74) is 1.68. The summed E-state index contributed by atoms with van der Waals surface area (Å²) in [6, 6.07) is 6.81. The number of benzene rings is 1. The van der Waals surface area contributed by atoms with E-state index in [9.17, 15) is 4.39 Å². The standard InChI is InChI=1S/C12H12FNO/c1-3-15-12-7-11-9(6-10(12)13)5-4-8(2)14-11/h4-7H,3H2,1-2H3. The van der Waals surface area contributed by atoms with Crippen LogP contribution in [-0.4, -0.2) is 11.6 Å². The predicted molar refractivity (Wildman–Crippen MR) is 57.6 cm³/mol. The highest BCUT2D eigenvalue weighted by Crippen LogP contribution is 2.23. The second-order valence-electron chi connectivity index (χ2n) is 3.36. The summed E-state index contributed by atoms with van der Waals surface area (Å²) in [6.45, 7) is 4.19. The molecule has 1 aromatic carbocycles. The zero-order valence-electron chi connectivity index (χ0n) is 8.75. The Bertz CT molecular complexity index is 496. The molecule has 3 heteroatoms. The molecular weight excluding hydrogens is 193 g/mol. The molecule has 2 aromatic rings. The number of aromatic nitrogens is 1. The van der Waals surface area contributed by atoms with Crippen molar-refractivity contribution in [2.75, 3.05) is 6.61 Å². The van der Waals surface area contributed by atoms with E-state index in [1.165, 1.54) is 6.07 Å². The normalized spacial score (nSPS) is 10.6. The Morgan fingerprint density at radius 3 is 2.87 bits per heavy atom. The Morgan fingerprint density at radius 2 is 2.13 bits per heavy atom. The van der Waals surface area contributed by atoms with Gasteiger partial charge in [-0.3, -0.25) is 4.98 Å². The number of ether oxygens (including phenoxy) is 1. The summed E-state index contributed by atoms with van der Waals surface area (Å²) in [6.07, 6.45) is 0. The first-order valence-corrected chi connectivity index (χ1v) is 4.90. The molecule has 0 saturated heterocycles. The number of fused-ring (bicyclic) bond motifs is 1. The van der Waals surface area contributed by atoms with E-state index in [2.05, 4.69) is 4.98 Å². The van der Waals surface area contributed by atoms with Crippen LogP contribution in [0, 0.1) is 12.7 Å². The molecule has 0 amide bonds. The summed E-state index contributed by atoms with van der Waals surface area (Å²) in [7, 11) is 0. The van der Waals surface area contributed by atoms with Crippen molar-refractivity contribution in [3.63, 3.8) is 0 Å². The third kappa shape index (κ3) is 1.91. The van der Waals surface area contributed by atoms with Crippen LogP contribution in [0.1, 0.15) is 12.6 Å². The molecule has 0 fully saturated rings. The minimum Gasteiger partial charge on any atom is -0.491 e. The number of rotatable bonds is 2. The molecule has 1 aromatic heterocycles. The van der Waals surface area contributed by atoms with Gasteiger partial charge >= 0.3 is 0 Å². The molecule has 78 valence electrons. The fraction of sp³-hybridized carbons (Fsp3) is 0.250. The molecule has 0 bridgehead atoms. The van der Waals surface area contributed by atoms with Crippen molar-refractivity contribution < 1.29 is 9.13 Å². The van der Waals surface area contributed by atoms with Crippen molar-refractivity contribution >= 4 is 10.9 Å². The number of hydrogen-bond donors (Lipinski definition) is 0. The Hall–Kier alpha value is -1.64. The lowest BCUT2D eigenvalue weighted by Gasteiger charge is -2.06. The molecule has 0 atom stereocenters. The van der Waals surface area contributed by atoms with Crippen LogP contribution in [0.25, 0.3) is 10.9 Å². The molecule has 0 radical (unpaired) electrons.